The highest BCUT2D eigenvalue weighted by Gasteiger charge is 2.15. The van der Waals surface area contributed by atoms with E-state index in [1.807, 2.05) is 24.3 Å². The number of nitrogens with zero attached hydrogens (tertiary/aromatic N) is 1. The minimum Gasteiger partial charge on any atom is -0.469 e. The van der Waals surface area contributed by atoms with Crippen LogP contribution in [0.2, 0.25) is 0 Å². The number of esters is 1. The lowest BCUT2D eigenvalue weighted by atomic mass is 10.0. The van der Waals surface area contributed by atoms with Crippen LogP contribution in [0.5, 0.6) is 0 Å². The van der Waals surface area contributed by atoms with Gasteiger partial charge in [0.15, 0.2) is 0 Å². The molecule has 1 amide bonds. The fourth-order valence-corrected chi connectivity index (χ4v) is 1.79. The number of hydrogen-bond acceptors (Lipinski definition) is 3. The molecule has 4 nitrogen and oxygen atoms in total. The summed E-state index contributed by atoms with van der Waals surface area (Å²) in [6, 6.07) is 7.81. The average molecular weight is 263 g/mol. The molecule has 0 saturated heterocycles. The zero-order chi connectivity index (χ0) is 14.4. The maximum atomic E-state index is 11.8. The Kier molecular flexibility index (Phi) is 5.55. The molecular formula is C15H21NO3. The Morgan fingerprint density at radius 1 is 1.21 bits per heavy atom. The van der Waals surface area contributed by atoms with E-state index < -0.39 is 5.97 Å². The topological polar surface area (TPSA) is 46.6 Å². The third-order valence-electron chi connectivity index (χ3n) is 2.86. The Morgan fingerprint density at radius 3 is 2.26 bits per heavy atom. The lowest BCUT2D eigenvalue weighted by Crippen LogP contribution is -2.28. The number of anilines is 1. The summed E-state index contributed by atoms with van der Waals surface area (Å²) in [5.41, 5.74) is 2.02. The summed E-state index contributed by atoms with van der Waals surface area (Å²) in [4.78, 5) is 24.3. The second kappa shape index (κ2) is 6.92. The molecule has 0 aliphatic rings. The Morgan fingerprint density at radius 2 is 1.79 bits per heavy atom. The fourth-order valence-electron chi connectivity index (χ4n) is 1.79. The second-order valence-electron chi connectivity index (χ2n) is 4.97. The molecule has 0 radical (unpaired) electrons. The van der Waals surface area contributed by atoms with Gasteiger partial charge < -0.3 is 9.64 Å². The summed E-state index contributed by atoms with van der Waals surface area (Å²) in [7, 11) is 2.93. The normalized spacial score (nSPS) is 10.4. The van der Waals surface area contributed by atoms with Crippen LogP contribution in [0, 0.1) is 5.92 Å². The zero-order valence-corrected chi connectivity index (χ0v) is 12.0. The van der Waals surface area contributed by atoms with Gasteiger partial charge in [0.1, 0.15) is 6.42 Å². The molecule has 1 aromatic carbocycles. The minimum absolute atomic E-state index is 0.235. The van der Waals surface area contributed by atoms with Gasteiger partial charge in [-0.1, -0.05) is 26.0 Å². The van der Waals surface area contributed by atoms with Crippen LogP contribution < -0.4 is 4.90 Å². The number of amides is 1. The van der Waals surface area contributed by atoms with Gasteiger partial charge in [0.05, 0.1) is 7.11 Å². The number of carbonyl (C=O) groups excluding carboxylic acids is 2. The van der Waals surface area contributed by atoms with E-state index in [1.54, 1.807) is 7.05 Å². The second-order valence-corrected chi connectivity index (χ2v) is 4.97. The van der Waals surface area contributed by atoms with Crippen molar-refractivity contribution in [3.05, 3.63) is 29.8 Å². The number of hydrogen-bond donors (Lipinski definition) is 0. The van der Waals surface area contributed by atoms with Gasteiger partial charge in [0, 0.05) is 12.7 Å². The largest absolute Gasteiger partial charge is 0.469 e. The molecule has 1 rings (SSSR count). The molecule has 0 aromatic heterocycles. The summed E-state index contributed by atoms with van der Waals surface area (Å²) in [6.45, 7) is 4.33. The third-order valence-corrected chi connectivity index (χ3v) is 2.86. The Labute approximate surface area is 114 Å². The van der Waals surface area contributed by atoms with Crippen molar-refractivity contribution in [2.75, 3.05) is 19.1 Å². The van der Waals surface area contributed by atoms with Crippen LogP contribution in [0.3, 0.4) is 0 Å². The van der Waals surface area contributed by atoms with Crippen molar-refractivity contribution in [2.24, 2.45) is 5.92 Å². The van der Waals surface area contributed by atoms with Crippen molar-refractivity contribution >= 4 is 17.6 Å². The quantitative estimate of drug-likeness (QED) is 0.605. The standard InChI is InChI=1S/C15H21NO3/c1-11(2)9-12-5-7-13(8-6-12)16(3)14(17)10-15(18)19-4/h5-8,11H,9-10H2,1-4H3. The summed E-state index contributed by atoms with van der Waals surface area (Å²) in [6.07, 6.45) is 0.779. The van der Waals surface area contributed by atoms with Crippen LogP contribution in [0.25, 0.3) is 0 Å². The molecule has 4 heteroatoms. The van der Waals surface area contributed by atoms with Crippen molar-refractivity contribution in [3.8, 4) is 0 Å². The Bertz CT molecular complexity index is 437. The number of carbonyl (C=O) groups is 2. The van der Waals surface area contributed by atoms with Gasteiger partial charge in [0.2, 0.25) is 5.91 Å². The monoisotopic (exact) mass is 263 g/mol. The molecular weight excluding hydrogens is 242 g/mol. The average Bonchev–Trinajstić information content (AvgIpc) is 2.37. The first-order chi connectivity index (χ1) is 8.93. The SMILES string of the molecule is COC(=O)CC(=O)N(C)c1ccc(CC(C)C)cc1. The molecule has 19 heavy (non-hydrogen) atoms. The first-order valence-corrected chi connectivity index (χ1v) is 6.36. The van der Waals surface area contributed by atoms with Gasteiger partial charge in [-0.25, -0.2) is 0 Å². The van der Waals surface area contributed by atoms with Gasteiger partial charge in [0.25, 0.3) is 0 Å². The van der Waals surface area contributed by atoms with E-state index in [9.17, 15) is 9.59 Å². The lowest BCUT2D eigenvalue weighted by Gasteiger charge is -2.17. The molecule has 0 spiro atoms. The molecule has 0 heterocycles. The summed E-state index contributed by atoms with van der Waals surface area (Å²) in [5, 5.41) is 0. The number of rotatable bonds is 5. The highest BCUT2D eigenvalue weighted by molar-refractivity contribution is 6.03. The van der Waals surface area contributed by atoms with Crippen LogP contribution in [-0.4, -0.2) is 26.0 Å². The highest BCUT2D eigenvalue weighted by atomic mass is 16.5. The van der Waals surface area contributed by atoms with E-state index in [4.69, 9.17) is 0 Å². The first kappa shape index (κ1) is 15.2. The van der Waals surface area contributed by atoms with Crippen molar-refractivity contribution < 1.29 is 14.3 Å². The molecule has 0 aliphatic carbocycles. The van der Waals surface area contributed by atoms with Crippen molar-refractivity contribution in [2.45, 2.75) is 26.7 Å². The maximum Gasteiger partial charge on any atom is 0.315 e. The number of benzene rings is 1. The minimum atomic E-state index is -0.520. The highest BCUT2D eigenvalue weighted by Crippen LogP contribution is 2.16. The predicted octanol–water partition coefficient (Wildman–Crippen LogP) is 2.41. The van der Waals surface area contributed by atoms with Gasteiger partial charge in [-0.05, 0) is 30.0 Å². The van der Waals surface area contributed by atoms with Crippen LogP contribution in [0.1, 0.15) is 25.8 Å². The smallest absolute Gasteiger partial charge is 0.315 e. The van der Waals surface area contributed by atoms with Crippen molar-refractivity contribution in [3.63, 3.8) is 0 Å². The van der Waals surface area contributed by atoms with E-state index in [0.29, 0.717) is 5.92 Å². The van der Waals surface area contributed by atoms with E-state index in [0.717, 1.165) is 12.1 Å². The van der Waals surface area contributed by atoms with Crippen molar-refractivity contribution in [1.29, 1.82) is 0 Å². The molecule has 1 aromatic rings. The van der Waals surface area contributed by atoms with Crippen LogP contribution >= 0.6 is 0 Å². The van der Waals surface area contributed by atoms with E-state index >= 15 is 0 Å². The third kappa shape index (κ3) is 4.73. The van der Waals surface area contributed by atoms with Crippen LogP contribution in [0.4, 0.5) is 5.69 Å². The molecule has 104 valence electrons. The number of ether oxygens (including phenoxy) is 1. The molecule has 0 unspecified atom stereocenters. The van der Waals surface area contributed by atoms with E-state index in [2.05, 4.69) is 18.6 Å². The van der Waals surface area contributed by atoms with E-state index in [-0.39, 0.29) is 12.3 Å². The predicted molar refractivity (Wildman–Crippen MR) is 75.0 cm³/mol. The maximum absolute atomic E-state index is 11.8. The first-order valence-electron chi connectivity index (χ1n) is 6.36. The van der Waals surface area contributed by atoms with Gasteiger partial charge in [-0.3, -0.25) is 9.59 Å². The van der Waals surface area contributed by atoms with Crippen LogP contribution in [-0.2, 0) is 20.7 Å². The number of methoxy groups -OCH3 is 1. The lowest BCUT2D eigenvalue weighted by molar-refractivity contribution is -0.143. The summed E-state index contributed by atoms with van der Waals surface area (Å²) >= 11 is 0. The Hall–Kier alpha value is -1.84. The van der Waals surface area contributed by atoms with Crippen LogP contribution in [0.15, 0.2) is 24.3 Å². The van der Waals surface area contributed by atoms with Gasteiger partial charge in [-0.2, -0.15) is 0 Å². The van der Waals surface area contributed by atoms with Gasteiger partial charge in [-0.15, -0.1) is 0 Å². The van der Waals surface area contributed by atoms with E-state index in [1.165, 1.54) is 17.6 Å². The zero-order valence-electron chi connectivity index (χ0n) is 12.0. The molecule has 0 N–H and O–H groups in total. The molecule has 0 fully saturated rings. The molecule has 0 aliphatic heterocycles. The van der Waals surface area contributed by atoms with Gasteiger partial charge >= 0.3 is 5.97 Å². The summed E-state index contributed by atoms with van der Waals surface area (Å²) < 4.78 is 4.48. The summed E-state index contributed by atoms with van der Waals surface area (Å²) in [5.74, 6) is -0.193. The fraction of sp³-hybridized carbons (Fsp3) is 0.467. The molecule has 0 atom stereocenters. The molecule has 0 bridgehead atoms. The van der Waals surface area contributed by atoms with Crippen molar-refractivity contribution in [1.82, 2.24) is 0 Å². The molecule has 0 saturated carbocycles. The Balaban J connectivity index is 2.69.